The van der Waals surface area contributed by atoms with Crippen LogP contribution < -0.4 is 11.5 Å². The molecule has 0 saturated carbocycles. The highest BCUT2D eigenvalue weighted by Crippen LogP contribution is 2.21. The molecule has 1 aromatic carbocycles. The van der Waals surface area contributed by atoms with E-state index in [0.717, 1.165) is 18.7 Å². The Morgan fingerprint density at radius 1 is 1.25 bits per heavy atom. The first-order chi connectivity index (χ1) is 15.5. The summed E-state index contributed by atoms with van der Waals surface area (Å²) in [5.74, 6) is -0.569. The molecule has 0 spiro atoms. The van der Waals surface area contributed by atoms with Gasteiger partial charge in [0.05, 0.1) is 24.6 Å². The SMILES string of the molecule is CN=C(C(=O)OCCN1CCOCC1)/C(Cc1ccccc1)=C(\N)c1cc(Cl)nc(N)n1. The smallest absolute Gasteiger partial charge is 0.356 e. The Labute approximate surface area is 192 Å². The predicted octanol–water partition coefficient (Wildman–Crippen LogP) is 1.57. The summed E-state index contributed by atoms with van der Waals surface area (Å²) in [5, 5.41) is 0.151. The normalized spacial score (nSPS) is 15.9. The van der Waals surface area contributed by atoms with Crippen LogP contribution in [0.25, 0.3) is 5.70 Å². The van der Waals surface area contributed by atoms with Crippen molar-refractivity contribution in [3.05, 3.63) is 58.4 Å². The summed E-state index contributed by atoms with van der Waals surface area (Å²) in [6.07, 6.45) is 0.347. The van der Waals surface area contributed by atoms with Crippen molar-refractivity contribution < 1.29 is 14.3 Å². The second-order valence-corrected chi connectivity index (χ2v) is 7.54. The standard InChI is InChI=1S/C22H27ClN6O3/c1-26-20(21(30)32-12-9-29-7-10-31-11-8-29)16(13-15-5-3-2-4-6-15)19(24)17-14-18(23)28-22(25)27-17/h2-6,14H,7-13,24H2,1H3,(H2,25,27,28)/b19-16-,26-20?. The molecule has 170 valence electrons. The summed E-state index contributed by atoms with van der Waals surface area (Å²) in [7, 11) is 1.53. The van der Waals surface area contributed by atoms with Crippen molar-refractivity contribution >= 4 is 34.9 Å². The van der Waals surface area contributed by atoms with E-state index in [0.29, 0.717) is 37.4 Å². The van der Waals surface area contributed by atoms with Crippen LogP contribution in [0.1, 0.15) is 11.3 Å². The molecule has 1 aliphatic rings. The van der Waals surface area contributed by atoms with Gasteiger partial charge in [0.2, 0.25) is 5.95 Å². The van der Waals surface area contributed by atoms with Crippen molar-refractivity contribution in [2.24, 2.45) is 10.7 Å². The van der Waals surface area contributed by atoms with Crippen molar-refractivity contribution in [3.63, 3.8) is 0 Å². The van der Waals surface area contributed by atoms with Gasteiger partial charge in [-0.2, -0.15) is 0 Å². The molecule has 10 heteroatoms. The molecule has 2 heterocycles. The molecule has 1 aromatic heterocycles. The van der Waals surface area contributed by atoms with Crippen LogP contribution in [0.15, 0.2) is 47.0 Å². The Morgan fingerprint density at radius 2 is 1.97 bits per heavy atom. The maximum atomic E-state index is 12.9. The highest BCUT2D eigenvalue weighted by molar-refractivity contribution is 6.44. The number of aliphatic imine (C=N–C) groups is 1. The lowest BCUT2D eigenvalue weighted by Gasteiger charge is -2.26. The minimum Gasteiger partial charge on any atom is -0.460 e. The van der Waals surface area contributed by atoms with Gasteiger partial charge < -0.3 is 20.9 Å². The van der Waals surface area contributed by atoms with Crippen molar-refractivity contribution in [1.29, 1.82) is 0 Å². The summed E-state index contributed by atoms with van der Waals surface area (Å²) >= 11 is 6.03. The third-order valence-corrected chi connectivity index (χ3v) is 5.18. The highest BCUT2D eigenvalue weighted by Gasteiger charge is 2.23. The van der Waals surface area contributed by atoms with Gasteiger partial charge in [-0.25, -0.2) is 14.8 Å². The van der Waals surface area contributed by atoms with Gasteiger partial charge in [0, 0.05) is 44.7 Å². The lowest BCUT2D eigenvalue weighted by molar-refractivity contribution is -0.136. The quantitative estimate of drug-likeness (QED) is 0.346. The molecule has 2 aromatic rings. The van der Waals surface area contributed by atoms with Gasteiger partial charge in [-0.15, -0.1) is 0 Å². The number of hydrogen-bond donors (Lipinski definition) is 2. The minimum absolute atomic E-state index is 0.0161. The molecule has 0 atom stereocenters. The molecule has 3 rings (SSSR count). The Hall–Kier alpha value is -3.01. The molecule has 0 radical (unpaired) electrons. The van der Waals surface area contributed by atoms with Crippen LogP contribution >= 0.6 is 11.6 Å². The molecule has 9 nitrogen and oxygen atoms in total. The average molecular weight is 459 g/mol. The maximum absolute atomic E-state index is 12.9. The molecular weight excluding hydrogens is 432 g/mol. The van der Waals surface area contributed by atoms with Gasteiger partial charge in [-0.05, 0) is 5.56 Å². The zero-order chi connectivity index (χ0) is 22.9. The summed E-state index contributed by atoms with van der Waals surface area (Å²) < 4.78 is 10.9. The summed E-state index contributed by atoms with van der Waals surface area (Å²) in [6, 6.07) is 11.1. The van der Waals surface area contributed by atoms with E-state index in [4.69, 9.17) is 32.5 Å². The van der Waals surface area contributed by atoms with Crippen molar-refractivity contribution in [2.75, 3.05) is 52.2 Å². The summed E-state index contributed by atoms with van der Waals surface area (Å²) in [5.41, 5.74) is 14.3. The number of nitrogens with two attached hydrogens (primary N) is 2. The number of benzene rings is 1. The van der Waals surface area contributed by atoms with E-state index in [9.17, 15) is 4.79 Å². The Kier molecular flexibility index (Phi) is 8.55. The van der Waals surface area contributed by atoms with Crippen LogP contribution in [0.5, 0.6) is 0 Å². The fourth-order valence-corrected chi connectivity index (χ4v) is 3.53. The number of carbonyl (C=O) groups is 1. The van der Waals surface area contributed by atoms with Gasteiger partial charge in [0.1, 0.15) is 17.5 Å². The van der Waals surface area contributed by atoms with E-state index in [1.807, 2.05) is 30.3 Å². The zero-order valence-corrected chi connectivity index (χ0v) is 18.7. The number of anilines is 1. The van der Waals surface area contributed by atoms with Crippen LogP contribution in [0.2, 0.25) is 5.15 Å². The number of nitrogen functional groups attached to an aromatic ring is 1. The number of rotatable bonds is 8. The third-order valence-electron chi connectivity index (χ3n) is 4.98. The minimum atomic E-state index is -0.553. The number of hydrogen-bond acceptors (Lipinski definition) is 9. The lowest BCUT2D eigenvalue weighted by atomic mass is 9.97. The third kappa shape index (κ3) is 6.49. The van der Waals surface area contributed by atoms with Crippen LogP contribution in [-0.2, 0) is 20.7 Å². The van der Waals surface area contributed by atoms with Gasteiger partial charge >= 0.3 is 5.97 Å². The van der Waals surface area contributed by atoms with E-state index in [1.54, 1.807) is 0 Å². The van der Waals surface area contributed by atoms with E-state index in [1.165, 1.54) is 13.1 Å². The van der Waals surface area contributed by atoms with Crippen LogP contribution in [0.3, 0.4) is 0 Å². The van der Waals surface area contributed by atoms with Crippen LogP contribution in [0.4, 0.5) is 5.95 Å². The second kappa shape index (κ2) is 11.6. The molecule has 0 bridgehead atoms. The van der Waals surface area contributed by atoms with Crippen LogP contribution in [-0.4, -0.2) is 73.1 Å². The first kappa shape index (κ1) is 23.6. The van der Waals surface area contributed by atoms with Gasteiger partial charge in [-0.3, -0.25) is 9.89 Å². The molecule has 0 aliphatic carbocycles. The monoisotopic (exact) mass is 458 g/mol. The fourth-order valence-electron chi connectivity index (χ4n) is 3.34. The Bertz CT molecular complexity index is 970. The Balaban J connectivity index is 1.85. The van der Waals surface area contributed by atoms with Crippen molar-refractivity contribution in [1.82, 2.24) is 14.9 Å². The predicted molar refractivity (Wildman–Crippen MR) is 124 cm³/mol. The average Bonchev–Trinajstić information content (AvgIpc) is 2.79. The summed E-state index contributed by atoms with van der Waals surface area (Å²) in [4.78, 5) is 27.4. The molecule has 1 fully saturated rings. The fraction of sp³-hybridized carbons (Fsp3) is 0.364. The van der Waals surface area contributed by atoms with Gasteiger partial charge in [0.25, 0.3) is 0 Å². The summed E-state index contributed by atoms with van der Waals surface area (Å²) in [6.45, 7) is 3.85. The molecular formula is C22H27ClN6O3. The first-order valence-corrected chi connectivity index (χ1v) is 10.6. The van der Waals surface area contributed by atoms with E-state index in [-0.39, 0.29) is 29.1 Å². The number of ether oxygens (including phenoxy) is 2. The number of nitrogens with zero attached hydrogens (tertiary/aromatic N) is 4. The lowest BCUT2D eigenvalue weighted by Crippen LogP contribution is -2.39. The van der Waals surface area contributed by atoms with E-state index < -0.39 is 5.97 Å². The van der Waals surface area contributed by atoms with Gasteiger partial charge in [-0.1, -0.05) is 41.9 Å². The van der Waals surface area contributed by atoms with Crippen molar-refractivity contribution in [2.45, 2.75) is 6.42 Å². The zero-order valence-electron chi connectivity index (χ0n) is 18.0. The number of halogens is 1. The Morgan fingerprint density at radius 3 is 2.62 bits per heavy atom. The highest BCUT2D eigenvalue weighted by atomic mass is 35.5. The van der Waals surface area contributed by atoms with E-state index >= 15 is 0 Å². The second-order valence-electron chi connectivity index (χ2n) is 7.15. The number of esters is 1. The molecule has 4 N–H and O–H groups in total. The number of carbonyl (C=O) groups excluding carboxylic acids is 1. The maximum Gasteiger partial charge on any atom is 0.356 e. The van der Waals surface area contributed by atoms with Crippen molar-refractivity contribution in [3.8, 4) is 0 Å². The molecule has 0 unspecified atom stereocenters. The van der Waals surface area contributed by atoms with E-state index in [2.05, 4.69) is 19.9 Å². The van der Waals surface area contributed by atoms with Crippen LogP contribution in [0, 0.1) is 0 Å². The van der Waals surface area contributed by atoms with Gasteiger partial charge in [0.15, 0.2) is 0 Å². The molecule has 32 heavy (non-hydrogen) atoms. The molecule has 1 aliphatic heterocycles. The topological polar surface area (TPSA) is 129 Å². The largest absolute Gasteiger partial charge is 0.460 e. The number of aromatic nitrogens is 2. The molecule has 0 amide bonds. The first-order valence-electron chi connectivity index (χ1n) is 10.2. The number of morpholine rings is 1. The molecule has 1 saturated heterocycles.